The van der Waals surface area contributed by atoms with Crippen molar-refractivity contribution in [2.24, 2.45) is 11.8 Å². The molecule has 0 radical (unpaired) electrons. The van der Waals surface area contributed by atoms with Gasteiger partial charge in [-0.25, -0.2) is 0 Å². The van der Waals surface area contributed by atoms with E-state index in [-0.39, 0.29) is 0 Å². The van der Waals surface area contributed by atoms with Crippen LogP contribution in [0.15, 0.2) is 24.3 Å². The largest absolute Gasteiger partial charge is 0.126 e. The lowest BCUT2D eigenvalue weighted by atomic mass is 9.83. The number of hydrogen-bond acceptors (Lipinski definition) is 0. The number of aryl methyl sites for hydroxylation is 1. The molecule has 18 heavy (non-hydrogen) atoms. The zero-order chi connectivity index (χ0) is 12.8. The van der Waals surface area contributed by atoms with Gasteiger partial charge in [0.1, 0.15) is 0 Å². The molecule has 0 amide bonds. The van der Waals surface area contributed by atoms with Gasteiger partial charge in [0, 0.05) is 5.88 Å². The third-order valence-corrected chi connectivity index (χ3v) is 4.74. The van der Waals surface area contributed by atoms with Crippen LogP contribution >= 0.6 is 11.6 Å². The van der Waals surface area contributed by atoms with Crippen molar-refractivity contribution in [3.05, 3.63) is 35.4 Å². The lowest BCUT2D eigenvalue weighted by Gasteiger charge is -2.24. The molecule has 0 saturated heterocycles. The smallest absolute Gasteiger partial charge is 0.0257 e. The number of alkyl halides is 1. The van der Waals surface area contributed by atoms with Gasteiger partial charge in [0.25, 0.3) is 0 Å². The van der Waals surface area contributed by atoms with E-state index in [9.17, 15) is 0 Å². The minimum atomic E-state index is 0.673. The molecule has 1 aromatic rings. The Morgan fingerprint density at radius 1 is 1.17 bits per heavy atom. The zero-order valence-electron chi connectivity index (χ0n) is 11.5. The minimum absolute atomic E-state index is 0.673. The lowest BCUT2D eigenvalue weighted by Crippen LogP contribution is -2.18. The summed E-state index contributed by atoms with van der Waals surface area (Å²) in [5.41, 5.74) is 2.83. The zero-order valence-corrected chi connectivity index (χ0v) is 12.3. The molecule has 100 valence electrons. The molecule has 1 heteroatoms. The summed E-state index contributed by atoms with van der Waals surface area (Å²) in [4.78, 5) is 0. The van der Waals surface area contributed by atoms with E-state index in [0.717, 1.165) is 18.2 Å². The molecule has 1 aliphatic carbocycles. The van der Waals surface area contributed by atoms with Crippen LogP contribution in [-0.4, -0.2) is 5.88 Å². The van der Waals surface area contributed by atoms with Crippen LogP contribution in [0.5, 0.6) is 0 Å². The predicted molar refractivity (Wildman–Crippen MR) is 80.3 cm³/mol. The van der Waals surface area contributed by atoms with Gasteiger partial charge in [-0.3, -0.25) is 0 Å². The highest BCUT2D eigenvalue weighted by Gasteiger charge is 2.22. The van der Waals surface area contributed by atoms with Crippen molar-refractivity contribution in [1.82, 2.24) is 0 Å². The molecule has 1 fully saturated rings. The Morgan fingerprint density at radius 2 is 1.89 bits per heavy atom. The Kier molecular flexibility index (Phi) is 5.56. The van der Waals surface area contributed by atoms with Gasteiger partial charge in [-0.15, -0.1) is 11.6 Å². The molecule has 0 spiro atoms. The Hall–Kier alpha value is -0.490. The number of rotatable bonds is 4. The molecule has 1 saturated carbocycles. The van der Waals surface area contributed by atoms with Gasteiger partial charge in [0.05, 0.1) is 0 Å². The monoisotopic (exact) mass is 264 g/mol. The Bertz CT molecular complexity index is 350. The first-order valence-electron chi connectivity index (χ1n) is 7.41. The van der Waals surface area contributed by atoms with Gasteiger partial charge in [0.15, 0.2) is 0 Å². The molecule has 1 unspecified atom stereocenters. The number of hydrogen-bond donors (Lipinski definition) is 0. The quantitative estimate of drug-likeness (QED) is 0.507. The maximum absolute atomic E-state index is 6.24. The van der Waals surface area contributed by atoms with Crippen LogP contribution in [0.1, 0.15) is 49.7 Å². The van der Waals surface area contributed by atoms with Crippen LogP contribution in [0.25, 0.3) is 0 Å². The van der Waals surface area contributed by atoms with Crippen molar-refractivity contribution in [2.45, 2.75) is 51.9 Å². The van der Waals surface area contributed by atoms with Gasteiger partial charge in [-0.1, -0.05) is 68.4 Å². The SMILES string of the molecule is Cc1cccc(CC(CCl)C2CCCCCC2)c1. The van der Waals surface area contributed by atoms with Crippen molar-refractivity contribution in [3.8, 4) is 0 Å². The van der Waals surface area contributed by atoms with Gasteiger partial charge < -0.3 is 0 Å². The molecular weight excluding hydrogens is 240 g/mol. The Morgan fingerprint density at radius 3 is 2.50 bits per heavy atom. The summed E-state index contributed by atoms with van der Waals surface area (Å²) in [5, 5.41) is 0. The van der Waals surface area contributed by atoms with Crippen LogP contribution in [0.4, 0.5) is 0 Å². The average Bonchev–Trinajstić information content (AvgIpc) is 2.65. The summed E-state index contributed by atoms with van der Waals surface area (Å²) in [7, 11) is 0. The van der Waals surface area contributed by atoms with Crippen molar-refractivity contribution in [2.75, 3.05) is 5.88 Å². The molecule has 0 N–H and O–H groups in total. The molecule has 2 rings (SSSR count). The van der Waals surface area contributed by atoms with Crippen molar-refractivity contribution in [3.63, 3.8) is 0 Å². The fraction of sp³-hybridized carbons (Fsp3) is 0.647. The lowest BCUT2D eigenvalue weighted by molar-refractivity contribution is 0.321. The highest BCUT2D eigenvalue weighted by atomic mass is 35.5. The second-order valence-electron chi connectivity index (χ2n) is 5.86. The third kappa shape index (κ3) is 4.02. The van der Waals surface area contributed by atoms with E-state index in [1.54, 1.807) is 0 Å². The van der Waals surface area contributed by atoms with Gasteiger partial charge in [0.2, 0.25) is 0 Å². The summed E-state index contributed by atoms with van der Waals surface area (Å²) in [6.45, 7) is 2.17. The molecule has 0 nitrogen and oxygen atoms in total. The summed E-state index contributed by atoms with van der Waals surface area (Å²) in [5.74, 6) is 2.34. The van der Waals surface area contributed by atoms with Crippen molar-refractivity contribution in [1.29, 1.82) is 0 Å². The number of halogens is 1. The first-order valence-corrected chi connectivity index (χ1v) is 7.94. The van der Waals surface area contributed by atoms with Crippen molar-refractivity contribution >= 4 is 11.6 Å². The van der Waals surface area contributed by atoms with Gasteiger partial charge >= 0.3 is 0 Å². The fourth-order valence-electron chi connectivity index (χ4n) is 3.27. The van der Waals surface area contributed by atoms with E-state index in [4.69, 9.17) is 11.6 Å². The summed E-state index contributed by atoms with van der Waals surface area (Å²) >= 11 is 6.24. The predicted octanol–water partition coefficient (Wildman–Crippen LogP) is 5.36. The van der Waals surface area contributed by atoms with Gasteiger partial charge in [-0.2, -0.15) is 0 Å². The molecule has 0 heterocycles. The standard InChI is InChI=1S/C17H25Cl/c1-14-7-6-8-15(11-14)12-17(13-18)16-9-4-2-3-5-10-16/h6-8,11,16-17H,2-5,9-10,12-13H2,1H3. The van der Waals surface area contributed by atoms with Crippen LogP contribution < -0.4 is 0 Å². The summed E-state index contributed by atoms with van der Waals surface area (Å²) in [6, 6.07) is 8.91. The fourth-order valence-corrected chi connectivity index (χ4v) is 3.63. The van der Waals surface area contributed by atoms with Crippen LogP contribution in [0, 0.1) is 18.8 Å². The summed E-state index contributed by atoms with van der Waals surface area (Å²) < 4.78 is 0. The second-order valence-corrected chi connectivity index (χ2v) is 6.17. The maximum Gasteiger partial charge on any atom is 0.0257 e. The van der Waals surface area contributed by atoms with E-state index >= 15 is 0 Å². The van der Waals surface area contributed by atoms with E-state index in [2.05, 4.69) is 31.2 Å². The molecule has 0 aliphatic heterocycles. The van der Waals surface area contributed by atoms with E-state index < -0.39 is 0 Å². The number of benzene rings is 1. The maximum atomic E-state index is 6.24. The van der Waals surface area contributed by atoms with E-state index in [1.165, 1.54) is 49.7 Å². The summed E-state index contributed by atoms with van der Waals surface area (Å²) in [6.07, 6.45) is 9.62. The molecule has 1 aromatic carbocycles. The van der Waals surface area contributed by atoms with E-state index in [1.807, 2.05) is 0 Å². The Balaban J connectivity index is 1.99. The normalized spacial score (nSPS) is 19.4. The first kappa shape index (κ1) is 13.9. The molecule has 0 bridgehead atoms. The van der Waals surface area contributed by atoms with Crippen LogP contribution in [0.2, 0.25) is 0 Å². The Labute approximate surface area is 117 Å². The molecule has 0 aromatic heterocycles. The van der Waals surface area contributed by atoms with Gasteiger partial charge in [-0.05, 0) is 30.7 Å². The third-order valence-electron chi connectivity index (χ3n) is 4.35. The van der Waals surface area contributed by atoms with Crippen molar-refractivity contribution < 1.29 is 0 Å². The average molecular weight is 265 g/mol. The highest BCUT2D eigenvalue weighted by molar-refractivity contribution is 6.18. The minimum Gasteiger partial charge on any atom is -0.126 e. The molecule has 1 atom stereocenters. The molecular formula is C17H25Cl. The highest BCUT2D eigenvalue weighted by Crippen LogP contribution is 2.31. The van der Waals surface area contributed by atoms with Crippen LogP contribution in [0.3, 0.4) is 0 Å². The van der Waals surface area contributed by atoms with Crippen LogP contribution in [-0.2, 0) is 6.42 Å². The second kappa shape index (κ2) is 7.19. The van der Waals surface area contributed by atoms with E-state index in [0.29, 0.717) is 5.92 Å². The topological polar surface area (TPSA) is 0 Å². The molecule has 1 aliphatic rings. The first-order chi connectivity index (χ1) is 8.79.